The van der Waals surface area contributed by atoms with E-state index in [1.54, 1.807) is 18.2 Å². The van der Waals surface area contributed by atoms with Crippen molar-refractivity contribution in [3.8, 4) is 16.9 Å². The number of amides is 2. The van der Waals surface area contributed by atoms with Crippen molar-refractivity contribution in [2.45, 2.75) is 43.4 Å². The SMILES string of the molecule is COC(=O)Nc1ccc2c(c1)NC(C(=O)OC)(C(F)(F)F)CCCCC(NC(=O)C=Cc1cc(Cl)ccc1-n1cnnn1)c1ncc-2[nH]1. The number of hydrogen-bond acceptors (Lipinski definition) is 10. The van der Waals surface area contributed by atoms with Crippen LogP contribution in [0.15, 0.2) is 55.0 Å². The van der Waals surface area contributed by atoms with E-state index in [0.717, 1.165) is 14.2 Å². The number of H-pyrrole nitrogens is 1. The van der Waals surface area contributed by atoms with Crippen LogP contribution in [0.5, 0.6) is 0 Å². The lowest BCUT2D eigenvalue weighted by molar-refractivity contribution is -0.200. The number of halogens is 4. The van der Waals surface area contributed by atoms with E-state index in [1.807, 2.05) is 0 Å². The zero-order valence-electron chi connectivity index (χ0n) is 25.5. The lowest BCUT2D eigenvalue weighted by atomic mass is 9.89. The zero-order chi connectivity index (χ0) is 34.5. The first-order valence-corrected chi connectivity index (χ1v) is 14.8. The van der Waals surface area contributed by atoms with Gasteiger partial charge in [0.05, 0.1) is 37.8 Å². The number of carbonyl (C=O) groups is 3. The number of ether oxygens (including phenoxy) is 2. The average molecular weight is 688 g/mol. The van der Waals surface area contributed by atoms with Gasteiger partial charge in [-0.3, -0.25) is 10.1 Å². The molecule has 18 heteroatoms. The quantitative estimate of drug-likeness (QED) is 0.155. The molecule has 0 radical (unpaired) electrons. The summed E-state index contributed by atoms with van der Waals surface area (Å²) in [7, 11) is 2.01. The molecule has 2 unspecified atom stereocenters. The van der Waals surface area contributed by atoms with Crippen LogP contribution in [0.1, 0.15) is 43.1 Å². The summed E-state index contributed by atoms with van der Waals surface area (Å²) in [6, 6.07) is 8.34. The number of tetrazole rings is 1. The minimum Gasteiger partial charge on any atom is -0.467 e. The van der Waals surface area contributed by atoms with Crippen molar-refractivity contribution >= 4 is 47.0 Å². The Hall–Kier alpha value is -5.45. The van der Waals surface area contributed by atoms with Crippen LogP contribution in [-0.4, -0.2) is 74.1 Å². The molecular weight excluding hydrogens is 659 g/mol. The Morgan fingerprint density at radius 2 is 1.94 bits per heavy atom. The van der Waals surface area contributed by atoms with E-state index in [4.69, 9.17) is 11.6 Å². The summed E-state index contributed by atoms with van der Waals surface area (Å²) < 4.78 is 55.2. The van der Waals surface area contributed by atoms with Gasteiger partial charge in [0.25, 0.3) is 0 Å². The number of aromatic nitrogens is 6. The van der Waals surface area contributed by atoms with Crippen LogP contribution in [0, 0.1) is 0 Å². The molecule has 1 aliphatic rings. The Morgan fingerprint density at radius 1 is 1.12 bits per heavy atom. The number of anilines is 2. The highest BCUT2D eigenvalue weighted by atomic mass is 35.5. The molecule has 0 fully saturated rings. The molecule has 0 saturated heterocycles. The number of esters is 1. The number of fused-ring (bicyclic) bond motifs is 4. The zero-order valence-corrected chi connectivity index (χ0v) is 26.2. The Morgan fingerprint density at radius 3 is 2.65 bits per heavy atom. The van der Waals surface area contributed by atoms with Crippen LogP contribution < -0.4 is 16.0 Å². The van der Waals surface area contributed by atoms with E-state index in [9.17, 15) is 27.6 Å². The van der Waals surface area contributed by atoms with E-state index in [-0.39, 0.29) is 41.9 Å². The summed E-state index contributed by atoms with van der Waals surface area (Å²) in [4.78, 5) is 45.5. The van der Waals surface area contributed by atoms with Crippen LogP contribution in [0.2, 0.25) is 5.02 Å². The molecule has 5 rings (SSSR count). The van der Waals surface area contributed by atoms with Gasteiger partial charge in [-0.2, -0.15) is 17.9 Å². The van der Waals surface area contributed by atoms with Gasteiger partial charge in [0, 0.05) is 33.6 Å². The van der Waals surface area contributed by atoms with Crippen LogP contribution in [0.25, 0.3) is 23.0 Å². The first kappa shape index (κ1) is 33.9. The Bertz CT molecular complexity index is 1830. The predicted octanol–water partition coefficient (Wildman–Crippen LogP) is 5.21. The number of nitrogens with zero attached hydrogens (tertiary/aromatic N) is 5. The molecule has 48 heavy (non-hydrogen) atoms. The highest BCUT2D eigenvalue weighted by Crippen LogP contribution is 2.42. The minimum absolute atomic E-state index is 0.0926. The Balaban J connectivity index is 1.49. The van der Waals surface area contributed by atoms with Crippen LogP contribution in [0.3, 0.4) is 0 Å². The predicted molar refractivity (Wildman–Crippen MR) is 167 cm³/mol. The van der Waals surface area contributed by atoms with E-state index in [2.05, 4.69) is 50.9 Å². The summed E-state index contributed by atoms with van der Waals surface area (Å²) in [5, 5.41) is 19.2. The van der Waals surface area contributed by atoms with Gasteiger partial charge in [-0.25, -0.2) is 14.6 Å². The normalized spacial score (nSPS) is 18.1. The van der Waals surface area contributed by atoms with Crippen LogP contribution in [-0.2, 0) is 19.1 Å². The van der Waals surface area contributed by atoms with Gasteiger partial charge in [0.15, 0.2) is 0 Å². The maximum atomic E-state index is 14.8. The second kappa shape index (κ2) is 14.1. The molecule has 2 bridgehead atoms. The van der Waals surface area contributed by atoms with Gasteiger partial charge in [-0.05, 0) is 65.7 Å². The molecule has 2 aromatic heterocycles. The lowest BCUT2D eigenvalue weighted by Crippen LogP contribution is -2.58. The van der Waals surface area contributed by atoms with E-state index in [0.29, 0.717) is 22.1 Å². The van der Waals surface area contributed by atoms with Crippen molar-refractivity contribution in [3.63, 3.8) is 0 Å². The van der Waals surface area contributed by atoms with Gasteiger partial charge in [0.2, 0.25) is 11.4 Å². The summed E-state index contributed by atoms with van der Waals surface area (Å²) >= 11 is 6.18. The second-order valence-corrected chi connectivity index (χ2v) is 11.1. The Kier molecular flexibility index (Phi) is 9.98. The first-order chi connectivity index (χ1) is 22.9. The maximum absolute atomic E-state index is 14.8. The smallest absolute Gasteiger partial charge is 0.422 e. The standard InChI is InChI=1S/C30H29ClF3N9O5/c1-47-27(45)29(30(32,33)34)12-4-3-5-21(38-25(44)11-6-17-13-18(31)7-10-24(17)43-16-36-41-42-43)26-35-15-23(39-26)20-9-8-19(14-22(20)40-29)37-28(46)48-2/h6-11,13-16,21,40H,3-5,12H2,1-2H3,(H,35,39)(H,37,46)(H,38,44). The molecule has 1 aliphatic heterocycles. The third-order valence-electron chi connectivity index (χ3n) is 7.64. The molecule has 0 saturated carbocycles. The van der Waals surface area contributed by atoms with Gasteiger partial charge >= 0.3 is 18.2 Å². The number of aromatic amines is 1. The number of imidazole rings is 1. The fraction of sp³-hybridized carbons (Fsp3) is 0.300. The van der Waals surface area contributed by atoms with Crippen LogP contribution in [0.4, 0.5) is 29.3 Å². The number of benzene rings is 2. The molecular formula is C30H29ClF3N9O5. The molecule has 4 aromatic rings. The minimum atomic E-state index is -5.09. The number of rotatable bonds is 6. The lowest BCUT2D eigenvalue weighted by Gasteiger charge is -2.35. The third kappa shape index (κ3) is 7.25. The topological polar surface area (TPSA) is 178 Å². The number of carbonyl (C=O) groups excluding carboxylic acids is 3. The maximum Gasteiger partial charge on any atom is 0.422 e. The molecule has 3 heterocycles. The molecule has 2 amide bonds. The molecule has 2 atom stereocenters. The number of nitrogens with one attached hydrogen (secondary N) is 4. The number of hydrogen-bond donors (Lipinski definition) is 4. The van der Waals surface area contributed by atoms with Crippen molar-refractivity contribution in [2.24, 2.45) is 0 Å². The largest absolute Gasteiger partial charge is 0.467 e. The molecule has 0 aliphatic carbocycles. The average Bonchev–Trinajstić information content (AvgIpc) is 3.77. The van der Waals surface area contributed by atoms with Crippen molar-refractivity contribution < 1.29 is 37.0 Å². The fourth-order valence-electron chi connectivity index (χ4n) is 5.27. The summed E-state index contributed by atoms with van der Waals surface area (Å²) in [6.45, 7) is 0. The number of methoxy groups -OCH3 is 2. The summed E-state index contributed by atoms with van der Waals surface area (Å²) in [5.41, 5.74) is -1.61. The molecule has 14 nitrogen and oxygen atoms in total. The van der Waals surface area contributed by atoms with Crippen molar-refractivity contribution in [3.05, 3.63) is 71.4 Å². The number of alkyl halides is 3. The molecule has 252 valence electrons. The first-order valence-electron chi connectivity index (χ1n) is 14.4. The van der Waals surface area contributed by atoms with E-state index < -0.39 is 42.1 Å². The van der Waals surface area contributed by atoms with Gasteiger partial charge in [-0.15, -0.1) is 5.10 Å². The van der Waals surface area contributed by atoms with Gasteiger partial charge in [-0.1, -0.05) is 24.4 Å². The summed E-state index contributed by atoms with van der Waals surface area (Å²) in [5.74, 6) is -1.71. The van der Waals surface area contributed by atoms with Gasteiger partial charge < -0.3 is 25.1 Å². The molecule has 2 aromatic carbocycles. The second-order valence-electron chi connectivity index (χ2n) is 10.7. The van der Waals surface area contributed by atoms with Crippen molar-refractivity contribution in [2.75, 3.05) is 24.9 Å². The van der Waals surface area contributed by atoms with Crippen molar-refractivity contribution in [1.82, 2.24) is 35.5 Å². The third-order valence-corrected chi connectivity index (χ3v) is 7.88. The fourth-order valence-corrected chi connectivity index (χ4v) is 5.45. The highest BCUT2D eigenvalue weighted by Gasteiger charge is 2.61. The summed E-state index contributed by atoms with van der Waals surface area (Å²) in [6.07, 6.45) is -0.790. The monoisotopic (exact) mass is 687 g/mol. The van der Waals surface area contributed by atoms with Crippen LogP contribution >= 0.6 is 11.6 Å². The highest BCUT2D eigenvalue weighted by molar-refractivity contribution is 6.30. The molecule has 0 spiro atoms. The Labute approximate surface area is 276 Å². The van der Waals surface area contributed by atoms with E-state index >= 15 is 0 Å². The molecule has 4 N–H and O–H groups in total. The van der Waals surface area contributed by atoms with E-state index in [1.165, 1.54) is 47.6 Å². The van der Waals surface area contributed by atoms with Gasteiger partial charge in [0.1, 0.15) is 12.2 Å². The van der Waals surface area contributed by atoms with Crippen molar-refractivity contribution in [1.29, 1.82) is 0 Å².